The van der Waals surface area contributed by atoms with Gasteiger partial charge in [0.05, 0.1) is 0 Å². The van der Waals surface area contributed by atoms with Gasteiger partial charge in [-0.1, -0.05) is 0 Å². The Morgan fingerprint density at radius 2 is 1.96 bits per heavy atom. The quantitative estimate of drug-likeness (QED) is 0.812. The van der Waals surface area contributed by atoms with Crippen molar-refractivity contribution in [3.05, 3.63) is 16.8 Å². The minimum Gasteiger partial charge on any atom is -0.444 e. The molecule has 2 heterocycles. The van der Waals surface area contributed by atoms with Crippen LogP contribution in [0.15, 0.2) is 21.2 Å². The molecular weight excluding hydrogens is 366 g/mol. The molecule has 0 radical (unpaired) electrons. The van der Waals surface area contributed by atoms with Crippen LogP contribution in [0.25, 0.3) is 0 Å². The lowest BCUT2D eigenvalue weighted by Gasteiger charge is -2.33. The van der Waals surface area contributed by atoms with Gasteiger partial charge in [0.2, 0.25) is 5.88 Å². The third-order valence-corrected chi connectivity index (χ3v) is 3.72. The molecule has 1 aromatic rings. The van der Waals surface area contributed by atoms with Crippen molar-refractivity contribution in [1.82, 2.24) is 10.2 Å². The summed E-state index contributed by atoms with van der Waals surface area (Å²) in [6.45, 7) is 6.65. The van der Waals surface area contributed by atoms with Crippen LogP contribution in [0.3, 0.4) is 0 Å². The maximum Gasteiger partial charge on any atom is 0.410 e. The number of ether oxygens (including phenoxy) is 1. The Hall–Kier alpha value is -1.70. The molecule has 128 valence electrons. The SMILES string of the molecule is CC(C)(C)OC(=O)N1CCC(NC(=O)Nc2ccc(Br)o2)CC1. The van der Waals surface area contributed by atoms with Gasteiger partial charge in [-0.3, -0.25) is 5.32 Å². The molecule has 0 saturated carbocycles. The Balaban J connectivity index is 1.74. The molecule has 0 bridgehead atoms. The zero-order valence-electron chi connectivity index (χ0n) is 13.5. The summed E-state index contributed by atoms with van der Waals surface area (Å²) in [4.78, 5) is 25.5. The van der Waals surface area contributed by atoms with Crippen molar-refractivity contribution >= 4 is 33.9 Å². The fourth-order valence-corrected chi connectivity index (χ4v) is 2.55. The molecule has 7 nitrogen and oxygen atoms in total. The molecule has 0 aromatic carbocycles. The molecule has 1 aliphatic heterocycles. The molecule has 1 aliphatic rings. The Morgan fingerprint density at radius 3 is 2.48 bits per heavy atom. The standard InChI is InChI=1S/C15H22BrN3O4/c1-15(2,3)23-14(21)19-8-6-10(7-9-19)17-13(20)18-12-5-4-11(16)22-12/h4-5,10H,6-9H2,1-3H3,(H2,17,18,20). The third-order valence-electron chi connectivity index (χ3n) is 3.29. The molecule has 0 aliphatic carbocycles. The predicted octanol–water partition coefficient (Wildman–Crippen LogP) is 3.56. The molecular formula is C15H22BrN3O4. The summed E-state index contributed by atoms with van der Waals surface area (Å²) in [6.07, 6.45) is 1.07. The van der Waals surface area contributed by atoms with E-state index in [1.807, 2.05) is 20.8 Å². The fourth-order valence-electron chi connectivity index (χ4n) is 2.25. The number of furan rings is 1. The number of halogens is 1. The largest absolute Gasteiger partial charge is 0.444 e. The van der Waals surface area contributed by atoms with Crippen LogP contribution in [0.4, 0.5) is 15.5 Å². The number of carbonyl (C=O) groups excluding carboxylic acids is 2. The summed E-state index contributed by atoms with van der Waals surface area (Å²) >= 11 is 3.17. The Labute approximate surface area is 143 Å². The average molecular weight is 388 g/mol. The predicted molar refractivity (Wildman–Crippen MR) is 89.4 cm³/mol. The van der Waals surface area contributed by atoms with Gasteiger partial charge in [-0.2, -0.15) is 0 Å². The zero-order valence-corrected chi connectivity index (χ0v) is 15.1. The van der Waals surface area contributed by atoms with Crippen LogP contribution in [-0.4, -0.2) is 41.8 Å². The number of amides is 3. The Morgan fingerprint density at radius 1 is 1.30 bits per heavy atom. The minimum atomic E-state index is -0.497. The van der Waals surface area contributed by atoms with Crippen LogP contribution in [0.2, 0.25) is 0 Å². The molecule has 23 heavy (non-hydrogen) atoms. The average Bonchev–Trinajstić information content (AvgIpc) is 2.82. The Kier molecular flexibility index (Phi) is 5.56. The van der Waals surface area contributed by atoms with Crippen molar-refractivity contribution in [3.63, 3.8) is 0 Å². The molecule has 1 fully saturated rings. The van der Waals surface area contributed by atoms with Gasteiger partial charge < -0.3 is 19.4 Å². The lowest BCUT2D eigenvalue weighted by atomic mass is 10.1. The highest BCUT2D eigenvalue weighted by Gasteiger charge is 2.27. The number of piperidine rings is 1. The summed E-state index contributed by atoms with van der Waals surface area (Å²) in [7, 11) is 0. The van der Waals surface area contributed by atoms with Gasteiger partial charge in [0.1, 0.15) is 5.60 Å². The highest BCUT2D eigenvalue weighted by atomic mass is 79.9. The maximum atomic E-state index is 12.0. The number of likely N-dealkylation sites (tertiary alicyclic amines) is 1. The topological polar surface area (TPSA) is 83.8 Å². The monoisotopic (exact) mass is 387 g/mol. The van der Waals surface area contributed by atoms with E-state index in [9.17, 15) is 9.59 Å². The number of nitrogens with one attached hydrogen (secondary N) is 2. The van der Waals surface area contributed by atoms with Gasteiger partial charge in [0.15, 0.2) is 4.67 Å². The van der Waals surface area contributed by atoms with Crippen LogP contribution < -0.4 is 10.6 Å². The first kappa shape index (κ1) is 17.7. The lowest BCUT2D eigenvalue weighted by molar-refractivity contribution is 0.0202. The van der Waals surface area contributed by atoms with E-state index in [4.69, 9.17) is 9.15 Å². The van der Waals surface area contributed by atoms with E-state index in [0.717, 1.165) is 0 Å². The van der Waals surface area contributed by atoms with Crippen molar-refractivity contribution in [2.75, 3.05) is 18.4 Å². The van der Waals surface area contributed by atoms with E-state index in [1.165, 1.54) is 0 Å². The number of carbonyl (C=O) groups is 2. The second kappa shape index (κ2) is 7.25. The second-order valence-corrected chi connectivity index (χ2v) is 7.23. The van der Waals surface area contributed by atoms with Crippen molar-refractivity contribution in [3.8, 4) is 0 Å². The van der Waals surface area contributed by atoms with E-state index in [2.05, 4.69) is 26.6 Å². The molecule has 1 aromatic heterocycles. The molecule has 3 amide bonds. The molecule has 0 atom stereocenters. The summed E-state index contributed by atoms with van der Waals surface area (Å²) in [5.41, 5.74) is -0.497. The minimum absolute atomic E-state index is 0.0205. The number of hydrogen-bond donors (Lipinski definition) is 2. The first-order valence-electron chi connectivity index (χ1n) is 7.54. The van der Waals surface area contributed by atoms with E-state index >= 15 is 0 Å². The third kappa shape index (κ3) is 5.78. The van der Waals surface area contributed by atoms with Gasteiger partial charge in [-0.05, 0) is 55.6 Å². The molecule has 0 spiro atoms. The number of urea groups is 1. The van der Waals surface area contributed by atoms with E-state index in [1.54, 1.807) is 17.0 Å². The van der Waals surface area contributed by atoms with Gasteiger partial charge >= 0.3 is 12.1 Å². The van der Waals surface area contributed by atoms with Crippen LogP contribution in [0, 0.1) is 0 Å². The van der Waals surface area contributed by atoms with Gasteiger partial charge in [0.25, 0.3) is 0 Å². The lowest BCUT2D eigenvalue weighted by Crippen LogP contribution is -2.48. The number of anilines is 1. The van der Waals surface area contributed by atoms with E-state index < -0.39 is 5.60 Å². The molecule has 0 unspecified atom stereocenters. The Bertz CT molecular complexity index is 559. The number of hydrogen-bond acceptors (Lipinski definition) is 4. The van der Waals surface area contributed by atoms with Crippen molar-refractivity contribution < 1.29 is 18.7 Å². The molecule has 2 N–H and O–H groups in total. The second-order valence-electron chi connectivity index (χ2n) is 6.44. The highest BCUT2D eigenvalue weighted by Crippen LogP contribution is 2.19. The van der Waals surface area contributed by atoms with E-state index in [0.29, 0.717) is 36.5 Å². The zero-order chi connectivity index (χ0) is 17.0. The molecule has 8 heteroatoms. The first-order chi connectivity index (χ1) is 10.7. The smallest absolute Gasteiger partial charge is 0.410 e. The normalized spacial score (nSPS) is 16.1. The van der Waals surface area contributed by atoms with Crippen LogP contribution in [-0.2, 0) is 4.74 Å². The number of rotatable bonds is 2. The van der Waals surface area contributed by atoms with Crippen molar-refractivity contribution in [2.24, 2.45) is 0 Å². The van der Waals surface area contributed by atoms with Crippen LogP contribution in [0.1, 0.15) is 33.6 Å². The first-order valence-corrected chi connectivity index (χ1v) is 8.33. The summed E-state index contributed by atoms with van der Waals surface area (Å²) in [5.74, 6) is 0.376. The van der Waals surface area contributed by atoms with Gasteiger partial charge in [-0.25, -0.2) is 9.59 Å². The van der Waals surface area contributed by atoms with Crippen molar-refractivity contribution in [1.29, 1.82) is 0 Å². The number of nitrogens with zero attached hydrogens (tertiary/aromatic N) is 1. The molecule has 1 saturated heterocycles. The fraction of sp³-hybridized carbons (Fsp3) is 0.600. The van der Waals surface area contributed by atoms with Gasteiger partial charge in [0, 0.05) is 25.2 Å². The maximum absolute atomic E-state index is 12.0. The van der Waals surface area contributed by atoms with Crippen molar-refractivity contribution in [2.45, 2.75) is 45.3 Å². The van der Waals surface area contributed by atoms with Crippen LogP contribution >= 0.6 is 15.9 Å². The highest BCUT2D eigenvalue weighted by molar-refractivity contribution is 9.10. The summed E-state index contributed by atoms with van der Waals surface area (Å²) in [5, 5.41) is 5.50. The molecule has 2 rings (SSSR count). The summed E-state index contributed by atoms with van der Waals surface area (Å²) in [6, 6.07) is 3.07. The van der Waals surface area contributed by atoms with Gasteiger partial charge in [-0.15, -0.1) is 0 Å². The van der Waals surface area contributed by atoms with E-state index in [-0.39, 0.29) is 18.2 Å². The van der Waals surface area contributed by atoms with Crippen LogP contribution in [0.5, 0.6) is 0 Å². The summed E-state index contributed by atoms with van der Waals surface area (Å²) < 4.78 is 11.1.